The van der Waals surface area contributed by atoms with E-state index >= 15 is 0 Å². The molecule has 1 aromatic carbocycles. The molecule has 0 saturated heterocycles. The van der Waals surface area contributed by atoms with Crippen molar-refractivity contribution >= 4 is 33.7 Å². The number of hydrogen-bond donors (Lipinski definition) is 2. The van der Waals surface area contributed by atoms with Crippen LogP contribution in [0.3, 0.4) is 0 Å². The Balaban J connectivity index is 1.58. The van der Waals surface area contributed by atoms with Crippen LogP contribution in [0.5, 0.6) is 0 Å². The second-order valence-corrected chi connectivity index (χ2v) is 9.82. The number of benzene rings is 1. The van der Waals surface area contributed by atoms with Crippen molar-refractivity contribution in [2.24, 2.45) is 0 Å². The van der Waals surface area contributed by atoms with Gasteiger partial charge in [0, 0.05) is 45.8 Å². The molecule has 4 aromatic rings. The van der Waals surface area contributed by atoms with Crippen LogP contribution in [0.15, 0.2) is 30.6 Å². The van der Waals surface area contributed by atoms with Crippen molar-refractivity contribution < 1.29 is 4.79 Å². The van der Waals surface area contributed by atoms with Crippen molar-refractivity contribution in [1.29, 1.82) is 0 Å². The van der Waals surface area contributed by atoms with Gasteiger partial charge in [0.1, 0.15) is 17.8 Å². The number of nitrogens with two attached hydrogens (primary N) is 1. The first-order valence-electron chi connectivity index (χ1n) is 11.5. The van der Waals surface area contributed by atoms with E-state index in [2.05, 4.69) is 57.3 Å². The van der Waals surface area contributed by atoms with Crippen molar-refractivity contribution in [3.63, 3.8) is 0 Å². The number of carbonyl (C=O) groups excluding carboxylic acids is 1. The van der Waals surface area contributed by atoms with Gasteiger partial charge in [0.15, 0.2) is 0 Å². The number of carbonyl (C=O) groups is 1. The molecule has 164 valence electrons. The van der Waals surface area contributed by atoms with Crippen LogP contribution in [0.2, 0.25) is 0 Å². The third kappa shape index (κ3) is 2.76. The van der Waals surface area contributed by atoms with E-state index in [9.17, 15) is 4.79 Å². The van der Waals surface area contributed by atoms with Crippen molar-refractivity contribution in [3.8, 4) is 11.3 Å². The van der Waals surface area contributed by atoms with Crippen molar-refractivity contribution in [2.75, 3.05) is 5.73 Å². The predicted octanol–water partition coefficient (Wildman–Crippen LogP) is 4.44. The zero-order valence-corrected chi connectivity index (χ0v) is 18.8. The van der Waals surface area contributed by atoms with Crippen LogP contribution >= 0.6 is 0 Å². The molecule has 0 atom stereocenters. The van der Waals surface area contributed by atoms with Crippen molar-refractivity contribution in [3.05, 3.63) is 41.9 Å². The molecular formula is C25H28N6O. The summed E-state index contributed by atoms with van der Waals surface area (Å²) in [5.41, 5.74) is 12.6. The monoisotopic (exact) mass is 428 g/mol. The minimum atomic E-state index is -0.0345. The second-order valence-electron chi connectivity index (χ2n) is 9.82. The van der Waals surface area contributed by atoms with E-state index in [4.69, 9.17) is 5.73 Å². The van der Waals surface area contributed by atoms with Crippen LogP contribution in [0.1, 0.15) is 62.1 Å². The fourth-order valence-electron chi connectivity index (χ4n) is 5.19. The van der Waals surface area contributed by atoms with Crippen LogP contribution in [-0.4, -0.2) is 30.5 Å². The third-order valence-corrected chi connectivity index (χ3v) is 7.06. The number of rotatable bonds is 3. The Hall–Kier alpha value is -3.35. The number of hydrogen-bond acceptors (Lipinski definition) is 4. The summed E-state index contributed by atoms with van der Waals surface area (Å²) in [6, 6.07) is 8.51. The zero-order chi connectivity index (χ0) is 22.2. The molecule has 3 N–H and O–H groups in total. The standard InChI is InChI=1S/C25H28N6O/c1-14(2)31-17-5-4-10-30-18-12-16(24(32)29-25(3)8-9-25)7-6-15(18)11-19(30)20(17)21-22(26)27-13-28-23(21)31/h6-7,11-14H,4-5,8-10H2,1-3H3,(H,29,32)(H2,26,27,28). The molecule has 0 spiro atoms. The highest BCUT2D eigenvalue weighted by atomic mass is 16.1. The van der Waals surface area contributed by atoms with Crippen LogP contribution in [0.25, 0.3) is 33.2 Å². The van der Waals surface area contributed by atoms with Gasteiger partial charge >= 0.3 is 0 Å². The quantitative estimate of drug-likeness (QED) is 0.505. The Morgan fingerprint density at radius 1 is 1.22 bits per heavy atom. The highest BCUT2D eigenvalue weighted by Gasteiger charge is 2.39. The molecule has 1 aliphatic heterocycles. The molecule has 0 bridgehead atoms. The summed E-state index contributed by atoms with van der Waals surface area (Å²) in [7, 11) is 0. The van der Waals surface area contributed by atoms with Crippen molar-refractivity contribution in [2.45, 2.75) is 64.6 Å². The second kappa shape index (κ2) is 6.58. The summed E-state index contributed by atoms with van der Waals surface area (Å²) in [5, 5.41) is 5.23. The molecule has 4 heterocycles. The first-order chi connectivity index (χ1) is 15.4. The maximum absolute atomic E-state index is 12.8. The van der Waals surface area contributed by atoms with Gasteiger partial charge in [-0.3, -0.25) is 4.79 Å². The number of fused-ring (bicyclic) bond motifs is 7. The summed E-state index contributed by atoms with van der Waals surface area (Å²) < 4.78 is 4.65. The topological polar surface area (TPSA) is 90.8 Å². The van der Waals surface area contributed by atoms with E-state index in [1.54, 1.807) is 6.33 Å². The Bertz CT molecular complexity index is 1410. The summed E-state index contributed by atoms with van der Waals surface area (Å²) in [6.07, 6.45) is 5.61. The number of amides is 1. The van der Waals surface area contributed by atoms with E-state index in [0.29, 0.717) is 11.4 Å². The molecule has 32 heavy (non-hydrogen) atoms. The molecule has 7 nitrogen and oxygen atoms in total. The highest BCUT2D eigenvalue weighted by Crippen LogP contribution is 2.43. The van der Waals surface area contributed by atoms with E-state index in [1.807, 2.05) is 12.1 Å². The Kier molecular flexibility index (Phi) is 3.97. The van der Waals surface area contributed by atoms with Gasteiger partial charge in [0.2, 0.25) is 0 Å². The Labute approximate surface area is 186 Å². The number of nitrogens with zero attached hydrogens (tertiary/aromatic N) is 4. The van der Waals surface area contributed by atoms with E-state index < -0.39 is 0 Å². The van der Waals surface area contributed by atoms with Gasteiger partial charge in [-0.05, 0) is 64.7 Å². The molecule has 1 saturated carbocycles. The molecular weight excluding hydrogens is 400 g/mol. The molecule has 1 aliphatic carbocycles. The first-order valence-corrected chi connectivity index (χ1v) is 11.5. The molecule has 1 fully saturated rings. The van der Waals surface area contributed by atoms with Gasteiger partial charge in [0.25, 0.3) is 5.91 Å². The lowest BCUT2D eigenvalue weighted by Crippen LogP contribution is -2.34. The number of aromatic nitrogens is 4. The summed E-state index contributed by atoms with van der Waals surface area (Å²) in [5.74, 6) is 0.521. The number of nitrogen functional groups attached to an aromatic ring is 1. The van der Waals surface area contributed by atoms with Gasteiger partial charge in [-0.2, -0.15) is 0 Å². The van der Waals surface area contributed by atoms with Crippen LogP contribution in [-0.2, 0) is 13.0 Å². The molecule has 3 aromatic heterocycles. The van der Waals surface area contributed by atoms with Crippen LogP contribution in [0, 0.1) is 0 Å². The minimum absolute atomic E-state index is 0.00539. The number of nitrogens with one attached hydrogen (secondary N) is 1. The van der Waals surface area contributed by atoms with Gasteiger partial charge < -0.3 is 20.2 Å². The highest BCUT2D eigenvalue weighted by molar-refractivity contribution is 6.05. The Morgan fingerprint density at radius 3 is 2.78 bits per heavy atom. The lowest BCUT2D eigenvalue weighted by molar-refractivity contribution is 0.0935. The molecule has 2 aliphatic rings. The van der Waals surface area contributed by atoms with Gasteiger partial charge in [-0.15, -0.1) is 0 Å². The van der Waals surface area contributed by atoms with Gasteiger partial charge in [-0.1, -0.05) is 6.07 Å². The Morgan fingerprint density at radius 2 is 2.03 bits per heavy atom. The minimum Gasteiger partial charge on any atom is -0.383 e. The average molecular weight is 429 g/mol. The van der Waals surface area contributed by atoms with Crippen molar-refractivity contribution in [1.82, 2.24) is 24.4 Å². The predicted molar refractivity (Wildman–Crippen MR) is 127 cm³/mol. The normalized spacial score (nSPS) is 16.8. The largest absolute Gasteiger partial charge is 0.383 e. The van der Waals surface area contributed by atoms with Crippen LogP contribution in [0.4, 0.5) is 5.82 Å². The summed E-state index contributed by atoms with van der Waals surface area (Å²) >= 11 is 0. The SMILES string of the molecule is CC(C)n1c2c(c3c(N)ncnc31)-c1cc3ccc(C(=O)NC4(C)CC4)cc3n1CCC2. The van der Waals surface area contributed by atoms with E-state index in [-0.39, 0.29) is 17.5 Å². The summed E-state index contributed by atoms with van der Waals surface area (Å²) in [6.45, 7) is 7.36. The van der Waals surface area contributed by atoms with E-state index in [0.717, 1.165) is 65.4 Å². The summed E-state index contributed by atoms with van der Waals surface area (Å²) in [4.78, 5) is 21.8. The number of anilines is 1. The lowest BCUT2D eigenvalue weighted by atomic mass is 10.1. The first kappa shape index (κ1) is 19.3. The van der Waals surface area contributed by atoms with Gasteiger partial charge in [-0.25, -0.2) is 9.97 Å². The van der Waals surface area contributed by atoms with E-state index in [1.165, 1.54) is 5.69 Å². The van der Waals surface area contributed by atoms with Gasteiger partial charge in [0.05, 0.1) is 11.1 Å². The fraction of sp³-hybridized carbons (Fsp3) is 0.400. The maximum atomic E-state index is 12.8. The smallest absolute Gasteiger partial charge is 0.251 e. The fourth-order valence-corrected chi connectivity index (χ4v) is 5.19. The number of aryl methyl sites for hydroxylation is 1. The molecule has 0 unspecified atom stereocenters. The average Bonchev–Trinajstić information content (AvgIpc) is 3.28. The zero-order valence-electron chi connectivity index (χ0n) is 18.8. The van der Waals surface area contributed by atoms with Crippen LogP contribution < -0.4 is 11.1 Å². The molecule has 7 heteroatoms. The molecule has 0 radical (unpaired) electrons. The molecule has 1 amide bonds. The lowest BCUT2D eigenvalue weighted by Gasteiger charge is -2.13. The maximum Gasteiger partial charge on any atom is 0.251 e. The third-order valence-electron chi connectivity index (χ3n) is 7.06. The molecule has 6 rings (SSSR count).